The molecule has 0 amide bonds. The molecule has 0 saturated heterocycles. The molecule has 0 saturated carbocycles. The summed E-state index contributed by atoms with van der Waals surface area (Å²) in [6.45, 7) is 0. The van der Waals surface area contributed by atoms with E-state index < -0.39 is 5.97 Å². The number of nitrogens with two attached hydrogens (primary N) is 1. The van der Waals surface area contributed by atoms with Gasteiger partial charge in [-0.2, -0.15) is 5.10 Å². The first kappa shape index (κ1) is 12.3. The molecule has 0 aliphatic heterocycles. The van der Waals surface area contributed by atoms with Crippen molar-refractivity contribution in [3.63, 3.8) is 0 Å². The molecule has 94 valence electrons. The Bertz CT molecular complexity index is 610. The van der Waals surface area contributed by atoms with Gasteiger partial charge in [-0.25, -0.2) is 4.79 Å². The zero-order chi connectivity index (χ0) is 13.3. The van der Waals surface area contributed by atoms with Crippen LogP contribution in [0.3, 0.4) is 0 Å². The molecule has 0 atom stereocenters. The Morgan fingerprint density at radius 1 is 1.56 bits per heavy atom. The van der Waals surface area contributed by atoms with E-state index in [-0.39, 0.29) is 17.1 Å². The lowest BCUT2D eigenvalue weighted by atomic mass is 10.1. The lowest BCUT2D eigenvalue weighted by Crippen LogP contribution is -2.00. The predicted molar refractivity (Wildman–Crippen MR) is 67.0 cm³/mol. The first-order valence-electron chi connectivity index (χ1n) is 4.95. The maximum atomic E-state index is 11.0. The van der Waals surface area contributed by atoms with E-state index in [9.17, 15) is 4.79 Å². The molecule has 2 aromatic rings. The van der Waals surface area contributed by atoms with Crippen LogP contribution in [0.25, 0.3) is 11.1 Å². The molecular weight excluding hydrogens is 258 g/mol. The summed E-state index contributed by atoms with van der Waals surface area (Å²) in [5, 5.41) is 15.4. The van der Waals surface area contributed by atoms with Crippen LogP contribution in [-0.2, 0) is 0 Å². The van der Waals surface area contributed by atoms with Crippen molar-refractivity contribution in [3.8, 4) is 16.9 Å². The Balaban J connectivity index is 2.62. The number of hydrogen-bond donors (Lipinski definition) is 3. The standard InChI is InChI=1S/C11H10ClN3O3/c1-18-5-2-3-6(7(12)4-5)8-9(11(16)17)14-15-10(8)13/h2-4H,1H3,(H,16,17)(H3,13,14,15). The van der Waals surface area contributed by atoms with Crippen LogP contribution in [0.2, 0.25) is 5.02 Å². The number of nitrogen functional groups attached to an aromatic ring is 1. The smallest absolute Gasteiger partial charge is 0.354 e. The number of anilines is 1. The third kappa shape index (κ3) is 1.98. The normalized spacial score (nSPS) is 10.3. The molecule has 0 fully saturated rings. The highest BCUT2D eigenvalue weighted by atomic mass is 35.5. The van der Waals surface area contributed by atoms with Crippen LogP contribution in [0.1, 0.15) is 10.5 Å². The van der Waals surface area contributed by atoms with Crippen molar-refractivity contribution < 1.29 is 14.6 Å². The van der Waals surface area contributed by atoms with E-state index in [1.54, 1.807) is 18.2 Å². The predicted octanol–water partition coefficient (Wildman–Crippen LogP) is 2.02. The van der Waals surface area contributed by atoms with Crippen LogP contribution in [0.15, 0.2) is 18.2 Å². The van der Waals surface area contributed by atoms with Gasteiger partial charge >= 0.3 is 5.97 Å². The molecule has 7 heteroatoms. The maximum absolute atomic E-state index is 11.0. The topological polar surface area (TPSA) is 101 Å². The Labute approximate surface area is 107 Å². The third-order valence-electron chi connectivity index (χ3n) is 2.45. The van der Waals surface area contributed by atoms with Crippen LogP contribution in [0.5, 0.6) is 5.75 Å². The summed E-state index contributed by atoms with van der Waals surface area (Å²) in [4.78, 5) is 11.0. The number of aromatic carboxylic acids is 1. The monoisotopic (exact) mass is 267 g/mol. The fraction of sp³-hybridized carbons (Fsp3) is 0.0909. The van der Waals surface area contributed by atoms with Crippen molar-refractivity contribution in [1.82, 2.24) is 10.2 Å². The van der Waals surface area contributed by atoms with Crippen molar-refractivity contribution in [3.05, 3.63) is 28.9 Å². The highest BCUT2D eigenvalue weighted by molar-refractivity contribution is 6.33. The Morgan fingerprint density at radius 2 is 2.28 bits per heavy atom. The lowest BCUT2D eigenvalue weighted by molar-refractivity contribution is 0.0691. The van der Waals surface area contributed by atoms with Gasteiger partial charge in [0.25, 0.3) is 0 Å². The average molecular weight is 268 g/mol. The number of aromatic nitrogens is 2. The molecule has 0 unspecified atom stereocenters. The molecule has 0 aliphatic carbocycles. The highest BCUT2D eigenvalue weighted by Crippen LogP contribution is 2.35. The van der Waals surface area contributed by atoms with Gasteiger partial charge in [0, 0.05) is 5.56 Å². The summed E-state index contributed by atoms with van der Waals surface area (Å²) in [6, 6.07) is 4.88. The number of nitrogens with one attached hydrogen (secondary N) is 1. The quantitative estimate of drug-likeness (QED) is 0.790. The number of carboxylic acids is 1. The number of halogens is 1. The molecular formula is C11H10ClN3O3. The van der Waals surface area contributed by atoms with E-state index in [0.717, 1.165) is 0 Å². The molecule has 1 aromatic carbocycles. The molecule has 0 bridgehead atoms. The van der Waals surface area contributed by atoms with Gasteiger partial charge < -0.3 is 15.6 Å². The number of methoxy groups -OCH3 is 1. The summed E-state index contributed by atoms with van der Waals surface area (Å²) >= 11 is 6.08. The number of carboxylic acid groups (broad SMARTS) is 1. The Hall–Kier alpha value is -2.21. The van der Waals surface area contributed by atoms with E-state index in [2.05, 4.69) is 10.2 Å². The number of carbonyl (C=O) groups is 1. The van der Waals surface area contributed by atoms with E-state index in [1.807, 2.05) is 0 Å². The number of rotatable bonds is 3. The summed E-state index contributed by atoms with van der Waals surface area (Å²) in [7, 11) is 1.51. The fourth-order valence-electron chi connectivity index (χ4n) is 1.61. The second-order valence-corrected chi connectivity index (χ2v) is 3.92. The van der Waals surface area contributed by atoms with Crippen molar-refractivity contribution in [2.24, 2.45) is 0 Å². The molecule has 4 N–H and O–H groups in total. The fourth-order valence-corrected chi connectivity index (χ4v) is 1.87. The second kappa shape index (κ2) is 4.58. The number of nitrogens with zero attached hydrogens (tertiary/aromatic N) is 1. The van der Waals surface area contributed by atoms with Crippen molar-refractivity contribution >= 4 is 23.4 Å². The van der Waals surface area contributed by atoms with Crippen LogP contribution < -0.4 is 10.5 Å². The highest BCUT2D eigenvalue weighted by Gasteiger charge is 2.20. The van der Waals surface area contributed by atoms with Gasteiger partial charge in [0.15, 0.2) is 11.5 Å². The van der Waals surface area contributed by atoms with Crippen molar-refractivity contribution in [2.75, 3.05) is 12.8 Å². The van der Waals surface area contributed by atoms with Gasteiger partial charge in [-0.3, -0.25) is 5.10 Å². The average Bonchev–Trinajstić information content (AvgIpc) is 2.71. The second-order valence-electron chi connectivity index (χ2n) is 3.51. The number of hydrogen-bond acceptors (Lipinski definition) is 4. The first-order chi connectivity index (χ1) is 8.54. The van der Waals surface area contributed by atoms with Crippen LogP contribution in [-0.4, -0.2) is 28.4 Å². The van der Waals surface area contributed by atoms with Gasteiger partial charge in [0.1, 0.15) is 5.75 Å². The van der Waals surface area contributed by atoms with E-state index >= 15 is 0 Å². The van der Waals surface area contributed by atoms with Gasteiger partial charge in [0.05, 0.1) is 17.7 Å². The van der Waals surface area contributed by atoms with Crippen LogP contribution in [0, 0.1) is 0 Å². The number of aromatic amines is 1. The van der Waals surface area contributed by atoms with Crippen LogP contribution >= 0.6 is 11.6 Å². The number of H-pyrrole nitrogens is 1. The SMILES string of the molecule is COc1ccc(-c2c(N)n[nH]c2C(=O)O)c(Cl)c1. The molecule has 0 spiro atoms. The summed E-state index contributed by atoms with van der Waals surface area (Å²) in [6.07, 6.45) is 0. The van der Waals surface area contributed by atoms with Crippen LogP contribution in [0.4, 0.5) is 5.82 Å². The molecule has 6 nitrogen and oxygen atoms in total. The molecule has 18 heavy (non-hydrogen) atoms. The first-order valence-corrected chi connectivity index (χ1v) is 5.33. The van der Waals surface area contributed by atoms with Crippen molar-refractivity contribution in [2.45, 2.75) is 0 Å². The van der Waals surface area contributed by atoms with Gasteiger partial charge in [-0.1, -0.05) is 11.6 Å². The Morgan fingerprint density at radius 3 is 2.83 bits per heavy atom. The minimum absolute atomic E-state index is 0.0828. The Kier molecular flexibility index (Phi) is 3.12. The summed E-state index contributed by atoms with van der Waals surface area (Å²) in [5.74, 6) is -0.497. The van der Waals surface area contributed by atoms with E-state index in [0.29, 0.717) is 16.3 Å². The lowest BCUT2D eigenvalue weighted by Gasteiger charge is -2.06. The minimum Gasteiger partial charge on any atom is -0.497 e. The van der Waals surface area contributed by atoms with E-state index in [1.165, 1.54) is 7.11 Å². The van der Waals surface area contributed by atoms with Gasteiger partial charge in [-0.15, -0.1) is 0 Å². The molecule has 1 aromatic heterocycles. The number of ether oxygens (including phenoxy) is 1. The van der Waals surface area contributed by atoms with Crippen molar-refractivity contribution in [1.29, 1.82) is 0 Å². The van der Waals surface area contributed by atoms with Gasteiger partial charge in [0.2, 0.25) is 0 Å². The summed E-state index contributed by atoms with van der Waals surface area (Å²) < 4.78 is 5.02. The maximum Gasteiger partial charge on any atom is 0.354 e. The molecule has 0 radical (unpaired) electrons. The number of benzene rings is 1. The zero-order valence-electron chi connectivity index (χ0n) is 9.40. The van der Waals surface area contributed by atoms with E-state index in [4.69, 9.17) is 27.2 Å². The largest absolute Gasteiger partial charge is 0.497 e. The third-order valence-corrected chi connectivity index (χ3v) is 2.77. The molecule has 2 rings (SSSR count). The zero-order valence-corrected chi connectivity index (χ0v) is 10.2. The summed E-state index contributed by atoms with van der Waals surface area (Å²) in [5.41, 5.74) is 6.32. The minimum atomic E-state index is -1.15. The van der Waals surface area contributed by atoms with Gasteiger partial charge in [-0.05, 0) is 18.2 Å². The molecule has 1 heterocycles. The molecule has 0 aliphatic rings.